The minimum Gasteiger partial charge on any atom is -0.449 e. The molecule has 3 aromatic rings. The molecule has 2 aromatic carbocycles. The van der Waals surface area contributed by atoms with Gasteiger partial charge in [0.25, 0.3) is 5.91 Å². The Morgan fingerprint density at radius 3 is 2.65 bits per heavy atom. The average molecular weight is 352 g/mol. The highest BCUT2D eigenvalue weighted by atomic mass is 19.1. The number of nitrogens with zero attached hydrogens (tertiary/aromatic N) is 1. The summed E-state index contributed by atoms with van der Waals surface area (Å²) < 4.78 is 18.5. The van der Waals surface area contributed by atoms with Crippen molar-refractivity contribution in [2.24, 2.45) is 0 Å². The minimum absolute atomic E-state index is 0.295. The summed E-state index contributed by atoms with van der Waals surface area (Å²) >= 11 is 0. The van der Waals surface area contributed by atoms with Crippen LogP contribution in [-0.4, -0.2) is 23.0 Å². The van der Waals surface area contributed by atoms with Crippen LogP contribution >= 0.6 is 0 Å². The van der Waals surface area contributed by atoms with E-state index in [0.29, 0.717) is 27.8 Å². The molecule has 0 radical (unpaired) electrons. The molecule has 3 rings (SSSR count). The van der Waals surface area contributed by atoms with Crippen LogP contribution in [0.2, 0.25) is 0 Å². The van der Waals surface area contributed by atoms with Crippen LogP contribution in [0.15, 0.2) is 54.6 Å². The number of benzene rings is 2. The van der Waals surface area contributed by atoms with E-state index in [4.69, 9.17) is 4.74 Å². The summed E-state index contributed by atoms with van der Waals surface area (Å²) in [4.78, 5) is 29.1. The lowest BCUT2D eigenvalue weighted by atomic mass is 10.1. The van der Waals surface area contributed by atoms with Crippen molar-refractivity contribution in [2.75, 3.05) is 5.32 Å². The molecule has 1 N–H and O–H groups in total. The van der Waals surface area contributed by atoms with E-state index in [0.717, 1.165) is 0 Å². The molecular weight excluding hydrogens is 335 g/mol. The zero-order valence-corrected chi connectivity index (χ0v) is 14.3. The Bertz CT molecular complexity index is 988. The Balaban J connectivity index is 1.76. The zero-order valence-electron chi connectivity index (χ0n) is 14.3. The number of aryl methyl sites for hydroxylation is 1. The van der Waals surface area contributed by atoms with Crippen molar-refractivity contribution in [3.8, 4) is 0 Å². The zero-order chi connectivity index (χ0) is 18.7. The number of esters is 1. The third-order valence-electron chi connectivity index (χ3n) is 3.81. The number of aromatic nitrogens is 1. The number of rotatable bonds is 4. The number of nitrogens with one attached hydrogen (secondary N) is 1. The van der Waals surface area contributed by atoms with Gasteiger partial charge in [-0.3, -0.25) is 9.78 Å². The van der Waals surface area contributed by atoms with Crippen molar-refractivity contribution in [1.82, 2.24) is 4.98 Å². The molecule has 6 heteroatoms. The number of carbonyl (C=O) groups is 2. The van der Waals surface area contributed by atoms with Gasteiger partial charge in [-0.1, -0.05) is 24.3 Å². The molecule has 0 saturated heterocycles. The van der Waals surface area contributed by atoms with Gasteiger partial charge in [-0.25, -0.2) is 9.18 Å². The highest BCUT2D eigenvalue weighted by molar-refractivity contribution is 6.05. The van der Waals surface area contributed by atoms with E-state index in [9.17, 15) is 14.0 Å². The molecule has 1 atom stereocenters. The van der Waals surface area contributed by atoms with Crippen molar-refractivity contribution in [3.05, 3.63) is 71.7 Å². The van der Waals surface area contributed by atoms with E-state index in [1.807, 2.05) is 6.07 Å². The van der Waals surface area contributed by atoms with Gasteiger partial charge in [0, 0.05) is 16.8 Å². The Morgan fingerprint density at radius 2 is 1.88 bits per heavy atom. The molecule has 0 bridgehead atoms. The standard InChI is InChI=1S/C20H17FN2O3/c1-12-10-17(16-8-3-4-9-18(16)22-12)20(25)26-13(2)19(24)23-15-7-5-6-14(21)11-15/h3-11,13H,1-2H3,(H,23,24)/t13-/m1/s1. The van der Waals surface area contributed by atoms with E-state index in [1.54, 1.807) is 37.3 Å². The normalized spacial score (nSPS) is 11.8. The van der Waals surface area contributed by atoms with Crippen LogP contribution in [0.4, 0.5) is 10.1 Å². The van der Waals surface area contributed by atoms with Gasteiger partial charge in [0.1, 0.15) is 5.82 Å². The smallest absolute Gasteiger partial charge is 0.339 e. The molecule has 0 saturated carbocycles. The maximum absolute atomic E-state index is 13.2. The lowest BCUT2D eigenvalue weighted by Crippen LogP contribution is -2.30. The fourth-order valence-electron chi connectivity index (χ4n) is 2.56. The van der Waals surface area contributed by atoms with Crippen LogP contribution < -0.4 is 5.32 Å². The average Bonchev–Trinajstić information content (AvgIpc) is 2.60. The van der Waals surface area contributed by atoms with Gasteiger partial charge in [0.05, 0.1) is 11.1 Å². The number of ether oxygens (including phenoxy) is 1. The first kappa shape index (κ1) is 17.5. The van der Waals surface area contributed by atoms with Crippen molar-refractivity contribution in [1.29, 1.82) is 0 Å². The molecule has 1 heterocycles. The number of hydrogen-bond acceptors (Lipinski definition) is 4. The van der Waals surface area contributed by atoms with Gasteiger partial charge in [-0.2, -0.15) is 0 Å². The van der Waals surface area contributed by atoms with Crippen LogP contribution in [0.1, 0.15) is 23.0 Å². The van der Waals surface area contributed by atoms with E-state index < -0.39 is 23.8 Å². The van der Waals surface area contributed by atoms with Gasteiger partial charge >= 0.3 is 5.97 Å². The molecule has 0 aliphatic carbocycles. The minimum atomic E-state index is -1.04. The molecule has 0 fully saturated rings. The fourth-order valence-corrected chi connectivity index (χ4v) is 2.56. The van der Waals surface area contributed by atoms with Crippen LogP contribution in [0.3, 0.4) is 0 Å². The Kier molecular flexibility index (Phi) is 4.93. The molecule has 0 unspecified atom stereocenters. The monoisotopic (exact) mass is 352 g/mol. The first-order valence-corrected chi connectivity index (χ1v) is 8.08. The Morgan fingerprint density at radius 1 is 1.12 bits per heavy atom. The van der Waals surface area contributed by atoms with Gasteiger partial charge < -0.3 is 10.1 Å². The van der Waals surface area contributed by atoms with E-state index in [2.05, 4.69) is 10.3 Å². The third-order valence-corrected chi connectivity index (χ3v) is 3.81. The number of hydrogen-bond donors (Lipinski definition) is 1. The predicted molar refractivity (Wildman–Crippen MR) is 96.4 cm³/mol. The van der Waals surface area contributed by atoms with Crippen LogP contribution in [-0.2, 0) is 9.53 Å². The maximum Gasteiger partial charge on any atom is 0.339 e. The van der Waals surface area contributed by atoms with Crippen molar-refractivity contribution in [3.63, 3.8) is 0 Å². The number of anilines is 1. The Hall–Kier alpha value is -3.28. The van der Waals surface area contributed by atoms with Crippen LogP contribution in [0.5, 0.6) is 0 Å². The Labute approximate surface area is 149 Å². The maximum atomic E-state index is 13.2. The summed E-state index contributed by atoms with van der Waals surface area (Å²) in [6, 6.07) is 14.3. The highest BCUT2D eigenvalue weighted by Crippen LogP contribution is 2.20. The first-order chi connectivity index (χ1) is 12.4. The molecule has 26 heavy (non-hydrogen) atoms. The molecular formula is C20H17FN2O3. The number of halogens is 1. The molecule has 1 aromatic heterocycles. The molecule has 132 valence electrons. The topological polar surface area (TPSA) is 68.3 Å². The van der Waals surface area contributed by atoms with Gasteiger partial charge in [-0.05, 0) is 44.2 Å². The number of pyridine rings is 1. The second-order valence-electron chi connectivity index (χ2n) is 5.88. The highest BCUT2D eigenvalue weighted by Gasteiger charge is 2.21. The van der Waals surface area contributed by atoms with E-state index >= 15 is 0 Å². The first-order valence-electron chi connectivity index (χ1n) is 8.08. The SMILES string of the molecule is Cc1cc(C(=O)O[C@H](C)C(=O)Nc2cccc(F)c2)c2ccccc2n1. The second kappa shape index (κ2) is 7.31. The van der Waals surface area contributed by atoms with Gasteiger partial charge in [0.15, 0.2) is 6.10 Å². The lowest BCUT2D eigenvalue weighted by molar-refractivity contribution is -0.123. The molecule has 5 nitrogen and oxygen atoms in total. The number of amides is 1. The summed E-state index contributed by atoms with van der Waals surface area (Å²) in [6.07, 6.45) is -1.04. The van der Waals surface area contributed by atoms with Crippen molar-refractivity contribution >= 4 is 28.5 Å². The van der Waals surface area contributed by atoms with Gasteiger partial charge in [0.2, 0.25) is 0 Å². The third kappa shape index (κ3) is 3.85. The predicted octanol–water partition coefficient (Wildman–Crippen LogP) is 3.87. The summed E-state index contributed by atoms with van der Waals surface area (Å²) in [5.41, 5.74) is 1.99. The lowest BCUT2D eigenvalue weighted by Gasteiger charge is -2.14. The summed E-state index contributed by atoms with van der Waals surface area (Å²) in [6.45, 7) is 3.24. The summed E-state index contributed by atoms with van der Waals surface area (Å²) in [5.74, 6) is -1.63. The number of fused-ring (bicyclic) bond motifs is 1. The molecule has 1 amide bonds. The molecule has 0 spiro atoms. The number of carbonyl (C=O) groups excluding carboxylic acids is 2. The van der Waals surface area contributed by atoms with E-state index in [1.165, 1.54) is 25.1 Å². The quantitative estimate of drug-likeness (QED) is 0.724. The van der Waals surface area contributed by atoms with Crippen LogP contribution in [0.25, 0.3) is 10.9 Å². The summed E-state index contributed by atoms with van der Waals surface area (Å²) in [7, 11) is 0. The second-order valence-corrected chi connectivity index (χ2v) is 5.88. The van der Waals surface area contributed by atoms with E-state index in [-0.39, 0.29) is 0 Å². The van der Waals surface area contributed by atoms with Crippen LogP contribution in [0, 0.1) is 12.7 Å². The molecule has 0 aliphatic rings. The fraction of sp³-hybridized carbons (Fsp3) is 0.150. The largest absolute Gasteiger partial charge is 0.449 e. The number of para-hydroxylation sites is 1. The summed E-state index contributed by atoms with van der Waals surface area (Å²) in [5, 5.41) is 3.17. The molecule has 0 aliphatic heterocycles. The van der Waals surface area contributed by atoms with Crippen molar-refractivity contribution in [2.45, 2.75) is 20.0 Å². The van der Waals surface area contributed by atoms with Gasteiger partial charge in [-0.15, -0.1) is 0 Å². The van der Waals surface area contributed by atoms with Crippen molar-refractivity contribution < 1.29 is 18.7 Å².